The van der Waals surface area contributed by atoms with Crippen molar-refractivity contribution in [3.05, 3.63) is 18.4 Å². The molecule has 0 aliphatic rings. The normalized spacial score (nSPS) is 12.0. The molecule has 0 saturated heterocycles. The van der Waals surface area contributed by atoms with Crippen LogP contribution in [0.25, 0.3) is 0 Å². The van der Waals surface area contributed by atoms with Crippen molar-refractivity contribution in [3.8, 4) is 0 Å². The molecule has 68 valence electrons. The Morgan fingerprint density at radius 2 is 2.08 bits per heavy atom. The molecule has 0 aromatic carbocycles. The topological polar surface area (TPSA) is 17.0 Å². The molecular weight excluding hydrogens is 150 g/mol. The van der Waals surface area contributed by atoms with Gasteiger partial charge >= 0.3 is 6.39 Å². The highest BCUT2D eigenvalue weighted by Gasteiger charge is 2.23. The van der Waals surface area contributed by atoms with E-state index in [1.807, 2.05) is 0 Å². The fraction of sp³-hybridized carbons (Fsp3) is 0.700. The van der Waals surface area contributed by atoms with Gasteiger partial charge in [0.2, 0.25) is 6.20 Å². The summed E-state index contributed by atoms with van der Waals surface area (Å²) in [5.74, 6) is 1.08. The van der Waals surface area contributed by atoms with Crippen molar-refractivity contribution in [1.82, 2.24) is 0 Å². The lowest BCUT2D eigenvalue weighted by molar-refractivity contribution is -0.756. The van der Waals surface area contributed by atoms with Crippen molar-refractivity contribution in [3.63, 3.8) is 0 Å². The van der Waals surface area contributed by atoms with Gasteiger partial charge in [-0.3, -0.25) is 0 Å². The van der Waals surface area contributed by atoms with Gasteiger partial charge in [0.1, 0.15) is 0 Å². The summed E-state index contributed by atoms with van der Waals surface area (Å²) >= 11 is 0. The van der Waals surface area contributed by atoms with Crippen molar-refractivity contribution in [2.45, 2.75) is 46.1 Å². The third kappa shape index (κ3) is 2.10. The molecule has 1 aromatic heterocycles. The zero-order valence-corrected chi connectivity index (χ0v) is 8.42. The minimum Gasteiger partial charge on any atom is -0.409 e. The average Bonchev–Trinajstić information content (AvgIpc) is 2.35. The third-order valence-corrected chi connectivity index (χ3v) is 1.87. The molecule has 2 heteroatoms. The fourth-order valence-corrected chi connectivity index (χ4v) is 1.06. The molecule has 1 aromatic rings. The molecule has 0 fully saturated rings. The van der Waals surface area contributed by atoms with Gasteiger partial charge in [0.25, 0.3) is 0 Å². The molecule has 12 heavy (non-hydrogen) atoms. The molecule has 2 nitrogen and oxygen atoms in total. The number of aryl methyl sites for hydroxylation is 1. The van der Waals surface area contributed by atoms with Crippen LogP contribution in [0, 0.1) is 0 Å². The van der Waals surface area contributed by atoms with E-state index in [4.69, 9.17) is 4.42 Å². The highest BCUT2D eigenvalue weighted by molar-refractivity contribution is 4.83. The SMILES string of the molecule is CCCc1c[n+](C(C)(C)C)co1. The van der Waals surface area contributed by atoms with Gasteiger partial charge in [0, 0.05) is 27.2 Å². The highest BCUT2D eigenvalue weighted by Crippen LogP contribution is 2.06. The molecule has 0 bridgehead atoms. The van der Waals surface area contributed by atoms with Gasteiger partial charge in [-0.25, -0.2) is 0 Å². The standard InChI is InChI=1S/C10H18NO/c1-5-6-9-7-11(8-12-9)10(2,3)4/h7-8H,5-6H2,1-4H3/q+1. The molecular formula is C10H18NO+. The van der Waals surface area contributed by atoms with Crippen LogP contribution in [-0.2, 0) is 12.0 Å². The molecule has 0 amide bonds. The minimum absolute atomic E-state index is 0.134. The molecule has 0 atom stereocenters. The summed E-state index contributed by atoms with van der Waals surface area (Å²) in [6.45, 7) is 8.65. The molecule has 1 rings (SSSR count). The number of hydrogen-bond donors (Lipinski definition) is 0. The van der Waals surface area contributed by atoms with Crippen molar-refractivity contribution in [1.29, 1.82) is 0 Å². The van der Waals surface area contributed by atoms with Gasteiger partial charge in [0.05, 0.1) is 0 Å². The van der Waals surface area contributed by atoms with Crippen LogP contribution in [0.4, 0.5) is 0 Å². The predicted octanol–water partition coefficient (Wildman–Crippen LogP) is 2.27. The first kappa shape index (κ1) is 9.30. The van der Waals surface area contributed by atoms with Crippen LogP contribution in [0.1, 0.15) is 39.9 Å². The van der Waals surface area contributed by atoms with Crippen LogP contribution >= 0.6 is 0 Å². The highest BCUT2D eigenvalue weighted by atomic mass is 16.3. The van der Waals surface area contributed by atoms with Gasteiger partial charge < -0.3 is 4.42 Å². The summed E-state index contributed by atoms with van der Waals surface area (Å²) < 4.78 is 7.50. The minimum atomic E-state index is 0.134. The quantitative estimate of drug-likeness (QED) is 0.619. The summed E-state index contributed by atoms with van der Waals surface area (Å²) in [5.41, 5.74) is 0.134. The number of oxazole rings is 1. The average molecular weight is 168 g/mol. The molecule has 0 aliphatic heterocycles. The second-order valence-corrected chi connectivity index (χ2v) is 4.15. The number of aromatic nitrogens is 1. The van der Waals surface area contributed by atoms with Crippen molar-refractivity contribution in [2.75, 3.05) is 0 Å². The first-order valence-corrected chi connectivity index (χ1v) is 4.53. The van der Waals surface area contributed by atoms with Gasteiger partial charge in [-0.05, 0) is 6.42 Å². The summed E-state index contributed by atoms with van der Waals surface area (Å²) in [6.07, 6.45) is 6.05. The molecule has 1 heterocycles. The predicted molar refractivity (Wildman–Crippen MR) is 47.9 cm³/mol. The largest absolute Gasteiger partial charge is 0.409 e. The van der Waals surface area contributed by atoms with Crippen LogP contribution in [-0.4, -0.2) is 0 Å². The van der Waals surface area contributed by atoms with Crippen molar-refractivity contribution >= 4 is 0 Å². The van der Waals surface area contributed by atoms with E-state index in [1.54, 1.807) is 6.39 Å². The number of hydrogen-bond acceptors (Lipinski definition) is 1. The van der Waals surface area contributed by atoms with E-state index in [9.17, 15) is 0 Å². The van der Waals surface area contributed by atoms with Crippen LogP contribution in [0.3, 0.4) is 0 Å². The van der Waals surface area contributed by atoms with Gasteiger partial charge in [0.15, 0.2) is 11.3 Å². The Bertz CT molecular complexity index is 245. The Morgan fingerprint density at radius 3 is 2.50 bits per heavy atom. The lowest BCUT2D eigenvalue weighted by atomic mass is 10.1. The molecule has 0 aliphatic carbocycles. The van der Waals surface area contributed by atoms with E-state index < -0.39 is 0 Å². The first-order chi connectivity index (χ1) is 5.54. The maximum atomic E-state index is 5.39. The van der Waals surface area contributed by atoms with Crippen molar-refractivity contribution < 1.29 is 8.98 Å². The van der Waals surface area contributed by atoms with Gasteiger partial charge in [-0.2, -0.15) is 4.57 Å². The molecule has 0 spiro atoms. The van der Waals surface area contributed by atoms with Gasteiger partial charge in [-0.1, -0.05) is 6.92 Å². The summed E-state index contributed by atoms with van der Waals surface area (Å²) in [4.78, 5) is 0. The number of rotatable bonds is 2. The maximum Gasteiger partial charge on any atom is 0.335 e. The first-order valence-electron chi connectivity index (χ1n) is 4.53. The van der Waals surface area contributed by atoms with E-state index in [0.29, 0.717) is 0 Å². The second-order valence-electron chi connectivity index (χ2n) is 4.15. The summed E-state index contributed by atoms with van der Waals surface area (Å²) in [5, 5.41) is 0. The Labute approximate surface area is 74.2 Å². The molecule has 0 unspecified atom stereocenters. The Morgan fingerprint density at radius 1 is 1.42 bits per heavy atom. The zero-order valence-electron chi connectivity index (χ0n) is 8.42. The Hall–Kier alpha value is -0.790. The smallest absolute Gasteiger partial charge is 0.335 e. The van der Waals surface area contributed by atoms with E-state index >= 15 is 0 Å². The lowest BCUT2D eigenvalue weighted by Gasteiger charge is -2.07. The van der Waals surface area contributed by atoms with E-state index in [1.165, 1.54) is 0 Å². The third-order valence-electron chi connectivity index (χ3n) is 1.87. The summed E-state index contributed by atoms with van der Waals surface area (Å²) in [6, 6.07) is 0. The summed E-state index contributed by atoms with van der Waals surface area (Å²) in [7, 11) is 0. The Balaban J connectivity index is 2.77. The monoisotopic (exact) mass is 168 g/mol. The van der Waals surface area contributed by atoms with Crippen LogP contribution in [0.2, 0.25) is 0 Å². The second kappa shape index (κ2) is 3.30. The van der Waals surface area contributed by atoms with Crippen molar-refractivity contribution in [2.24, 2.45) is 0 Å². The van der Waals surface area contributed by atoms with Crippen LogP contribution in [0.5, 0.6) is 0 Å². The molecule has 0 N–H and O–H groups in total. The van der Waals surface area contributed by atoms with Crippen LogP contribution < -0.4 is 4.57 Å². The lowest BCUT2D eigenvalue weighted by Crippen LogP contribution is -2.48. The Kier molecular flexibility index (Phi) is 2.55. The van der Waals surface area contributed by atoms with E-state index in [2.05, 4.69) is 38.5 Å². The number of nitrogens with zero attached hydrogens (tertiary/aromatic N) is 1. The van der Waals surface area contributed by atoms with Gasteiger partial charge in [-0.15, -0.1) is 0 Å². The van der Waals surface area contributed by atoms with E-state index in [-0.39, 0.29) is 5.54 Å². The molecule has 0 radical (unpaired) electrons. The molecule has 0 saturated carbocycles. The fourth-order valence-electron chi connectivity index (χ4n) is 1.06. The van der Waals surface area contributed by atoms with Crippen LogP contribution in [0.15, 0.2) is 17.0 Å². The van der Waals surface area contributed by atoms with E-state index in [0.717, 1.165) is 18.6 Å². The maximum absolute atomic E-state index is 5.39. The zero-order chi connectivity index (χ0) is 9.19.